The number of aromatic nitrogens is 2. The maximum Gasteiger partial charge on any atom is 0.211 e. The topological polar surface area (TPSA) is 57.8 Å². The van der Waals surface area contributed by atoms with Crippen molar-refractivity contribution in [1.82, 2.24) is 9.97 Å². The molecule has 1 saturated carbocycles. The highest BCUT2D eigenvalue weighted by Gasteiger charge is 2.22. The quantitative estimate of drug-likeness (QED) is 0.767. The Morgan fingerprint density at radius 1 is 1.50 bits per heavy atom. The van der Waals surface area contributed by atoms with Crippen molar-refractivity contribution in [2.75, 3.05) is 5.32 Å². The Balaban J connectivity index is 1.95. The maximum atomic E-state index is 10.4. The first-order valence-corrected chi connectivity index (χ1v) is 5.54. The number of amides is 1. The van der Waals surface area contributed by atoms with Crippen LogP contribution in [0, 0.1) is 5.92 Å². The van der Waals surface area contributed by atoms with Crippen LogP contribution >= 0.6 is 0 Å². The van der Waals surface area contributed by atoms with Crippen LogP contribution in [0.5, 0.6) is 0 Å². The number of aromatic amines is 1. The third-order valence-corrected chi connectivity index (χ3v) is 3.01. The van der Waals surface area contributed by atoms with Gasteiger partial charge in [-0.3, -0.25) is 4.79 Å². The van der Waals surface area contributed by atoms with Crippen LogP contribution in [0.15, 0.2) is 18.3 Å². The van der Waals surface area contributed by atoms with Crippen molar-refractivity contribution in [1.29, 1.82) is 0 Å². The van der Waals surface area contributed by atoms with E-state index in [1.54, 1.807) is 6.20 Å². The minimum absolute atomic E-state index is 0.681. The number of H-pyrrole nitrogens is 1. The number of nitrogens with zero attached hydrogens (tertiary/aromatic N) is 1. The Kier molecular flexibility index (Phi) is 2.13. The van der Waals surface area contributed by atoms with Crippen LogP contribution in [0.2, 0.25) is 0 Å². The molecule has 0 saturated heterocycles. The zero-order chi connectivity index (χ0) is 11.0. The number of carbonyl (C=O) groups is 1. The molecule has 16 heavy (non-hydrogen) atoms. The van der Waals surface area contributed by atoms with Crippen molar-refractivity contribution >= 4 is 23.1 Å². The van der Waals surface area contributed by atoms with Gasteiger partial charge in [-0.25, -0.2) is 4.98 Å². The van der Waals surface area contributed by atoms with Crippen molar-refractivity contribution in [3.63, 3.8) is 0 Å². The standard InChI is InChI=1S/C12H13N3O/c16-7-14-11-6-13-12-10(11)4-3-9(15-12)5-8-1-2-8/h3-4,6-8H,1-2,5H2,(H,13,15)(H,14,16). The molecule has 3 rings (SSSR count). The molecule has 0 radical (unpaired) electrons. The number of pyridine rings is 1. The largest absolute Gasteiger partial charge is 0.344 e. The summed E-state index contributed by atoms with van der Waals surface area (Å²) in [5.74, 6) is 0.840. The Morgan fingerprint density at radius 2 is 2.38 bits per heavy atom. The first-order valence-electron chi connectivity index (χ1n) is 5.54. The summed E-state index contributed by atoms with van der Waals surface area (Å²) in [7, 11) is 0. The molecule has 2 aromatic heterocycles. The first kappa shape index (κ1) is 9.39. The first-order chi connectivity index (χ1) is 7.86. The minimum atomic E-state index is 0.681. The average Bonchev–Trinajstić information content (AvgIpc) is 3.01. The lowest BCUT2D eigenvalue weighted by atomic mass is 10.2. The van der Waals surface area contributed by atoms with E-state index in [0.29, 0.717) is 6.41 Å². The van der Waals surface area contributed by atoms with E-state index < -0.39 is 0 Å². The van der Waals surface area contributed by atoms with E-state index in [2.05, 4.69) is 15.3 Å². The van der Waals surface area contributed by atoms with Gasteiger partial charge in [0, 0.05) is 17.3 Å². The second-order valence-corrected chi connectivity index (χ2v) is 4.31. The van der Waals surface area contributed by atoms with Crippen molar-refractivity contribution in [2.45, 2.75) is 19.3 Å². The molecule has 0 bridgehead atoms. The van der Waals surface area contributed by atoms with E-state index in [9.17, 15) is 4.79 Å². The van der Waals surface area contributed by atoms with E-state index in [1.165, 1.54) is 12.8 Å². The lowest BCUT2D eigenvalue weighted by Gasteiger charge is -1.99. The molecule has 82 valence electrons. The van der Waals surface area contributed by atoms with Gasteiger partial charge in [-0.15, -0.1) is 0 Å². The summed E-state index contributed by atoms with van der Waals surface area (Å²) in [6, 6.07) is 4.06. The zero-order valence-electron chi connectivity index (χ0n) is 8.86. The van der Waals surface area contributed by atoms with Gasteiger partial charge in [0.05, 0.1) is 5.69 Å². The normalized spacial score (nSPS) is 15.2. The predicted molar refractivity (Wildman–Crippen MR) is 62.2 cm³/mol. The van der Waals surface area contributed by atoms with Crippen molar-refractivity contribution in [3.8, 4) is 0 Å². The summed E-state index contributed by atoms with van der Waals surface area (Å²) >= 11 is 0. The van der Waals surface area contributed by atoms with Gasteiger partial charge in [-0.1, -0.05) is 0 Å². The molecule has 4 heteroatoms. The minimum Gasteiger partial charge on any atom is -0.344 e. The molecule has 2 heterocycles. The molecule has 0 unspecified atom stereocenters. The Labute approximate surface area is 93.1 Å². The van der Waals surface area contributed by atoms with Gasteiger partial charge in [0.2, 0.25) is 6.41 Å². The van der Waals surface area contributed by atoms with Gasteiger partial charge < -0.3 is 10.3 Å². The molecule has 4 nitrogen and oxygen atoms in total. The molecular formula is C12H13N3O. The summed E-state index contributed by atoms with van der Waals surface area (Å²) in [5, 5.41) is 3.62. The summed E-state index contributed by atoms with van der Waals surface area (Å²) in [6.45, 7) is 0. The Hall–Kier alpha value is -1.84. The molecule has 1 fully saturated rings. The number of nitrogens with one attached hydrogen (secondary N) is 2. The second-order valence-electron chi connectivity index (χ2n) is 4.31. The van der Waals surface area contributed by atoms with Gasteiger partial charge >= 0.3 is 0 Å². The summed E-state index contributed by atoms with van der Waals surface area (Å²) in [4.78, 5) is 18.0. The fourth-order valence-corrected chi connectivity index (χ4v) is 1.96. The molecule has 0 aliphatic heterocycles. The smallest absolute Gasteiger partial charge is 0.211 e. The predicted octanol–water partition coefficient (Wildman–Crippen LogP) is 2.08. The number of carbonyl (C=O) groups excluding carboxylic acids is 1. The highest BCUT2D eigenvalue weighted by Crippen LogP contribution is 2.32. The third kappa shape index (κ3) is 1.66. The highest BCUT2D eigenvalue weighted by molar-refractivity contribution is 5.94. The lowest BCUT2D eigenvalue weighted by Crippen LogP contribution is -1.93. The van der Waals surface area contributed by atoms with E-state index in [1.807, 2.05) is 12.1 Å². The molecule has 1 aliphatic rings. The van der Waals surface area contributed by atoms with Crippen LogP contribution in [0.1, 0.15) is 18.5 Å². The van der Waals surface area contributed by atoms with Crippen LogP contribution in [0.4, 0.5) is 5.69 Å². The summed E-state index contributed by atoms with van der Waals surface area (Å²) in [6.07, 6.45) is 6.20. The molecule has 1 aliphatic carbocycles. The lowest BCUT2D eigenvalue weighted by molar-refractivity contribution is -0.105. The van der Waals surface area contributed by atoms with Crippen LogP contribution in [-0.4, -0.2) is 16.4 Å². The van der Waals surface area contributed by atoms with Crippen LogP contribution < -0.4 is 5.32 Å². The molecule has 2 aromatic rings. The SMILES string of the molecule is O=CNc1c[nH]c2nc(CC3CC3)ccc12. The van der Waals surface area contributed by atoms with Crippen molar-refractivity contribution < 1.29 is 4.79 Å². The fraction of sp³-hybridized carbons (Fsp3) is 0.333. The van der Waals surface area contributed by atoms with Gasteiger partial charge in [-0.05, 0) is 37.3 Å². The van der Waals surface area contributed by atoms with E-state index in [4.69, 9.17) is 0 Å². The van der Waals surface area contributed by atoms with Gasteiger partial charge in [-0.2, -0.15) is 0 Å². The number of anilines is 1. The van der Waals surface area contributed by atoms with Crippen LogP contribution in [-0.2, 0) is 11.2 Å². The van der Waals surface area contributed by atoms with Gasteiger partial charge in [0.1, 0.15) is 5.65 Å². The molecule has 0 aromatic carbocycles. The highest BCUT2D eigenvalue weighted by atomic mass is 16.1. The van der Waals surface area contributed by atoms with Gasteiger partial charge in [0.15, 0.2) is 0 Å². The second kappa shape index (κ2) is 3.63. The molecule has 1 amide bonds. The molecule has 2 N–H and O–H groups in total. The van der Waals surface area contributed by atoms with E-state index in [-0.39, 0.29) is 0 Å². The zero-order valence-corrected chi connectivity index (χ0v) is 8.86. The van der Waals surface area contributed by atoms with E-state index in [0.717, 1.165) is 34.8 Å². The molecule has 0 atom stereocenters. The van der Waals surface area contributed by atoms with Crippen molar-refractivity contribution in [3.05, 3.63) is 24.0 Å². The maximum absolute atomic E-state index is 10.4. The molecule has 0 spiro atoms. The summed E-state index contributed by atoms with van der Waals surface area (Å²) in [5.41, 5.74) is 2.77. The number of fused-ring (bicyclic) bond motifs is 1. The van der Waals surface area contributed by atoms with E-state index >= 15 is 0 Å². The number of hydrogen-bond donors (Lipinski definition) is 2. The Bertz CT molecular complexity index is 528. The van der Waals surface area contributed by atoms with Crippen molar-refractivity contribution in [2.24, 2.45) is 5.92 Å². The third-order valence-electron chi connectivity index (χ3n) is 3.01. The average molecular weight is 215 g/mol. The van der Waals surface area contributed by atoms with Crippen LogP contribution in [0.25, 0.3) is 11.0 Å². The number of rotatable bonds is 4. The Morgan fingerprint density at radius 3 is 3.12 bits per heavy atom. The molecular weight excluding hydrogens is 202 g/mol. The fourth-order valence-electron chi connectivity index (χ4n) is 1.96. The monoisotopic (exact) mass is 215 g/mol. The van der Waals surface area contributed by atoms with Gasteiger partial charge in [0.25, 0.3) is 0 Å². The number of hydrogen-bond acceptors (Lipinski definition) is 2. The van der Waals surface area contributed by atoms with Crippen LogP contribution in [0.3, 0.4) is 0 Å². The summed E-state index contributed by atoms with van der Waals surface area (Å²) < 4.78 is 0.